The van der Waals surface area contributed by atoms with Gasteiger partial charge in [0.15, 0.2) is 5.96 Å². The molecule has 1 saturated carbocycles. The van der Waals surface area contributed by atoms with E-state index in [9.17, 15) is 0 Å². The van der Waals surface area contributed by atoms with Gasteiger partial charge in [0.1, 0.15) is 0 Å². The van der Waals surface area contributed by atoms with Crippen molar-refractivity contribution in [2.24, 2.45) is 10.9 Å². The van der Waals surface area contributed by atoms with Gasteiger partial charge in [0.25, 0.3) is 0 Å². The second-order valence-corrected chi connectivity index (χ2v) is 5.46. The lowest BCUT2D eigenvalue weighted by atomic mass is 10.0. The van der Waals surface area contributed by atoms with Gasteiger partial charge in [-0.2, -0.15) is 0 Å². The minimum absolute atomic E-state index is 0. The molecule has 0 saturated heterocycles. The standard InChI is InChI=1S/C12H26N4.HI/c1-12(2,16(4)5)9-15-11(13-3)14-8-10-6-7-10;/h10H,6-9H2,1-5H3,(H2,13,14,15);1H. The molecule has 4 nitrogen and oxygen atoms in total. The van der Waals surface area contributed by atoms with Crippen molar-refractivity contribution in [3.05, 3.63) is 0 Å². The van der Waals surface area contributed by atoms with Crippen LogP contribution in [0.4, 0.5) is 0 Å². The van der Waals surface area contributed by atoms with Crippen LogP contribution in [-0.2, 0) is 0 Å². The van der Waals surface area contributed by atoms with Gasteiger partial charge in [-0.05, 0) is 46.7 Å². The normalized spacial score (nSPS) is 16.7. The number of nitrogens with zero attached hydrogens (tertiary/aromatic N) is 2. The summed E-state index contributed by atoms with van der Waals surface area (Å²) in [6.45, 7) is 6.38. The van der Waals surface area contributed by atoms with Crippen molar-refractivity contribution in [3.63, 3.8) is 0 Å². The summed E-state index contributed by atoms with van der Waals surface area (Å²) in [4.78, 5) is 6.44. The fourth-order valence-electron chi connectivity index (χ4n) is 1.24. The number of likely N-dealkylation sites (N-methyl/N-ethyl adjacent to an activating group) is 1. The molecule has 0 heterocycles. The predicted octanol–water partition coefficient (Wildman–Crippen LogP) is 1.52. The molecule has 0 aromatic heterocycles. The lowest BCUT2D eigenvalue weighted by molar-refractivity contribution is 0.197. The lowest BCUT2D eigenvalue weighted by Gasteiger charge is -2.33. The van der Waals surface area contributed by atoms with Crippen LogP contribution in [0.3, 0.4) is 0 Å². The Morgan fingerprint density at radius 3 is 2.29 bits per heavy atom. The molecule has 1 fully saturated rings. The van der Waals surface area contributed by atoms with Crippen LogP contribution in [-0.4, -0.2) is 50.6 Å². The third-order valence-electron chi connectivity index (χ3n) is 3.38. The van der Waals surface area contributed by atoms with Gasteiger partial charge >= 0.3 is 0 Å². The van der Waals surface area contributed by atoms with Crippen LogP contribution < -0.4 is 10.6 Å². The maximum Gasteiger partial charge on any atom is 0.191 e. The first-order valence-corrected chi connectivity index (χ1v) is 6.07. The molecule has 0 spiro atoms. The summed E-state index contributed by atoms with van der Waals surface area (Å²) in [5, 5.41) is 6.73. The number of rotatable bonds is 5. The zero-order valence-electron chi connectivity index (χ0n) is 11.7. The topological polar surface area (TPSA) is 39.7 Å². The van der Waals surface area contributed by atoms with Crippen LogP contribution >= 0.6 is 24.0 Å². The highest BCUT2D eigenvalue weighted by Crippen LogP contribution is 2.27. The van der Waals surface area contributed by atoms with E-state index in [2.05, 4.69) is 48.5 Å². The number of hydrogen-bond donors (Lipinski definition) is 2. The maximum absolute atomic E-state index is 4.23. The monoisotopic (exact) mass is 354 g/mol. The molecule has 1 aliphatic carbocycles. The summed E-state index contributed by atoms with van der Waals surface area (Å²) in [6, 6.07) is 0. The maximum atomic E-state index is 4.23. The van der Waals surface area contributed by atoms with Crippen molar-refractivity contribution in [2.75, 3.05) is 34.2 Å². The summed E-state index contributed by atoms with van der Waals surface area (Å²) in [7, 11) is 6.02. The van der Waals surface area contributed by atoms with Crippen LogP contribution in [0.2, 0.25) is 0 Å². The van der Waals surface area contributed by atoms with Crippen molar-refractivity contribution in [2.45, 2.75) is 32.2 Å². The first-order chi connectivity index (χ1) is 7.45. The Kier molecular flexibility index (Phi) is 7.39. The second-order valence-electron chi connectivity index (χ2n) is 5.46. The number of hydrogen-bond acceptors (Lipinski definition) is 2. The van der Waals surface area contributed by atoms with Gasteiger partial charge in [-0.25, -0.2) is 0 Å². The molecule has 1 aliphatic rings. The summed E-state index contributed by atoms with van der Waals surface area (Å²) in [5.41, 5.74) is 0.136. The highest BCUT2D eigenvalue weighted by atomic mass is 127. The van der Waals surface area contributed by atoms with E-state index in [1.165, 1.54) is 12.8 Å². The molecule has 1 rings (SSSR count). The summed E-state index contributed by atoms with van der Waals surface area (Å²) in [6.07, 6.45) is 2.74. The third-order valence-corrected chi connectivity index (χ3v) is 3.38. The van der Waals surface area contributed by atoms with Gasteiger partial charge in [0, 0.05) is 25.7 Å². The van der Waals surface area contributed by atoms with E-state index in [-0.39, 0.29) is 29.5 Å². The summed E-state index contributed by atoms with van der Waals surface area (Å²) in [5.74, 6) is 1.79. The van der Waals surface area contributed by atoms with E-state index < -0.39 is 0 Å². The second kappa shape index (κ2) is 7.41. The van der Waals surface area contributed by atoms with Gasteiger partial charge in [-0.1, -0.05) is 0 Å². The highest BCUT2D eigenvalue weighted by molar-refractivity contribution is 14.0. The quantitative estimate of drug-likeness (QED) is 0.447. The molecule has 0 amide bonds. The van der Waals surface area contributed by atoms with Crippen LogP contribution in [0.1, 0.15) is 26.7 Å². The molecule has 0 bridgehead atoms. The summed E-state index contributed by atoms with van der Waals surface area (Å²) >= 11 is 0. The van der Waals surface area contributed by atoms with E-state index in [4.69, 9.17) is 0 Å². The average molecular weight is 354 g/mol. The Bertz CT molecular complexity index is 247. The number of guanidine groups is 1. The minimum Gasteiger partial charge on any atom is -0.356 e. The number of nitrogens with one attached hydrogen (secondary N) is 2. The minimum atomic E-state index is 0. The molecule has 5 heteroatoms. The molecule has 102 valence electrons. The van der Waals surface area contributed by atoms with Crippen molar-refractivity contribution in [1.29, 1.82) is 0 Å². The number of aliphatic imine (C=N–C) groups is 1. The van der Waals surface area contributed by atoms with Gasteiger partial charge in [0.2, 0.25) is 0 Å². The molecule has 0 unspecified atom stereocenters. The fourth-order valence-corrected chi connectivity index (χ4v) is 1.24. The van der Waals surface area contributed by atoms with Gasteiger partial charge in [-0.3, -0.25) is 4.99 Å². The van der Waals surface area contributed by atoms with Gasteiger partial charge < -0.3 is 15.5 Å². The third kappa shape index (κ3) is 6.45. The van der Waals surface area contributed by atoms with Crippen molar-refractivity contribution < 1.29 is 0 Å². The molecule has 0 atom stereocenters. The number of halogens is 1. The van der Waals surface area contributed by atoms with E-state index >= 15 is 0 Å². The van der Waals surface area contributed by atoms with E-state index in [1.54, 1.807) is 0 Å². The molecule has 0 radical (unpaired) electrons. The first kappa shape index (κ1) is 17.0. The smallest absolute Gasteiger partial charge is 0.191 e. The van der Waals surface area contributed by atoms with E-state index in [0.717, 1.165) is 25.0 Å². The molecule has 0 aromatic carbocycles. The molecular formula is C12H27IN4. The van der Waals surface area contributed by atoms with E-state index in [0.29, 0.717) is 0 Å². The SMILES string of the molecule is CN=C(NCC1CC1)NCC(C)(C)N(C)C.I. The molecule has 0 aliphatic heterocycles. The lowest BCUT2D eigenvalue weighted by Crippen LogP contribution is -2.51. The molecule has 2 N–H and O–H groups in total. The van der Waals surface area contributed by atoms with Crippen LogP contribution in [0.15, 0.2) is 4.99 Å². The van der Waals surface area contributed by atoms with Crippen LogP contribution in [0.5, 0.6) is 0 Å². The Morgan fingerprint density at radius 1 is 1.29 bits per heavy atom. The zero-order valence-corrected chi connectivity index (χ0v) is 14.0. The van der Waals surface area contributed by atoms with Crippen LogP contribution in [0.25, 0.3) is 0 Å². The average Bonchev–Trinajstić information content (AvgIpc) is 3.01. The van der Waals surface area contributed by atoms with Crippen molar-refractivity contribution >= 4 is 29.9 Å². The Labute approximate surface area is 123 Å². The molecule has 0 aromatic rings. The van der Waals surface area contributed by atoms with Crippen LogP contribution in [0, 0.1) is 5.92 Å². The molecule has 17 heavy (non-hydrogen) atoms. The van der Waals surface area contributed by atoms with Gasteiger partial charge in [0.05, 0.1) is 0 Å². The Balaban J connectivity index is 0.00000256. The largest absolute Gasteiger partial charge is 0.356 e. The van der Waals surface area contributed by atoms with Gasteiger partial charge in [-0.15, -0.1) is 24.0 Å². The zero-order chi connectivity index (χ0) is 12.2. The van der Waals surface area contributed by atoms with Crippen molar-refractivity contribution in [3.8, 4) is 0 Å². The first-order valence-electron chi connectivity index (χ1n) is 6.07. The highest BCUT2D eigenvalue weighted by Gasteiger charge is 2.23. The predicted molar refractivity (Wildman–Crippen MR) is 85.3 cm³/mol. The fraction of sp³-hybridized carbons (Fsp3) is 0.917. The molecular weight excluding hydrogens is 327 g/mol. The van der Waals surface area contributed by atoms with Crippen molar-refractivity contribution in [1.82, 2.24) is 15.5 Å². The summed E-state index contributed by atoms with van der Waals surface area (Å²) < 4.78 is 0. The Morgan fingerprint density at radius 2 is 1.88 bits per heavy atom. The Hall–Kier alpha value is -0.0400. The van der Waals surface area contributed by atoms with E-state index in [1.807, 2.05) is 7.05 Å².